The second kappa shape index (κ2) is 10.3. The minimum absolute atomic E-state index is 0.0696. The first-order chi connectivity index (χ1) is 17.4. The van der Waals surface area contributed by atoms with E-state index in [9.17, 15) is 24.0 Å². The molecule has 4 amide bonds. The Bertz CT molecular complexity index is 1080. The minimum atomic E-state index is -1.07. The zero-order chi connectivity index (χ0) is 27.1. The summed E-state index contributed by atoms with van der Waals surface area (Å²) in [5, 5.41) is 5.65. The van der Waals surface area contributed by atoms with Gasteiger partial charge in [-0.3, -0.25) is 24.0 Å². The third kappa shape index (κ3) is 5.70. The molecule has 1 aliphatic heterocycles. The number of Topliss-reactive ketones (excluding diaryl/α,β-unsaturated/α-hetero) is 1. The van der Waals surface area contributed by atoms with Crippen LogP contribution in [0.25, 0.3) is 0 Å². The highest BCUT2D eigenvalue weighted by Crippen LogP contribution is 2.65. The van der Waals surface area contributed by atoms with Gasteiger partial charge >= 0.3 is 0 Å². The topological polar surface area (TPSA) is 139 Å². The average molecular weight is 511 g/mol. The molecule has 3 fully saturated rings. The zero-order valence-electron chi connectivity index (χ0n) is 22.0. The maximum absolute atomic E-state index is 13.9. The Balaban J connectivity index is 1.57. The largest absolute Gasteiger partial charge is 0.363 e. The Labute approximate surface area is 217 Å². The third-order valence-corrected chi connectivity index (χ3v) is 8.32. The number of nitrogens with zero attached hydrogens (tertiary/aromatic N) is 1. The van der Waals surface area contributed by atoms with Crippen LogP contribution in [-0.2, 0) is 30.4 Å². The van der Waals surface area contributed by atoms with Crippen molar-refractivity contribution < 1.29 is 24.0 Å². The van der Waals surface area contributed by atoms with Crippen LogP contribution >= 0.6 is 0 Å². The number of rotatable bonds is 11. The molecule has 4 rings (SSSR count). The molecule has 9 nitrogen and oxygen atoms in total. The van der Waals surface area contributed by atoms with Crippen LogP contribution in [0.1, 0.15) is 52.5 Å². The number of fused-ring (bicyclic) bond motifs is 1. The van der Waals surface area contributed by atoms with Crippen molar-refractivity contribution >= 4 is 29.4 Å². The van der Waals surface area contributed by atoms with E-state index in [1.54, 1.807) is 18.7 Å². The number of hydrogen-bond donors (Lipinski definition) is 3. The van der Waals surface area contributed by atoms with Gasteiger partial charge in [0.25, 0.3) is 5.91 Å². The predicted octanol–water partition coefficient (Wildman–Crippen LogP) is 1.19. The molecule has 1 heterocycles. The average Bonchev–Trinajstić information content (AvgIpc) is 3.70. The molecule has 1 aromatic carbocycles. The van der Waals surface area contributed by atoms with Gasteiger partial charge in [0, 0.05) is 18.9 Å². The van der Waals surface area contributed by atoms with Crippen molar-refractivity contribution in [1.29, 1.82) is 0 Å². The molecule has 2 aliphatic carbocycles. The minimum Gasteiger partial charge on any atom is -0.363 e. The quantitative estimate of drug-likeness (QED) is 0.384. The van der Waals surface area contributed by atoms with Crippen molar-refractivity contribution in [3.63, 3.8) is 0 Å². The number of nitrogens with one attached hydrogen (secondary N) is 2. The lowest BCUT2D eigenvalue weighted by molar-refractivity contribution is -0.144. The smallest absolute Gasteiger partial charge is 0.287 e. The molecule has 4 N–H and O–H groups in total. The van der Waals surface area contributed by atoms with E-state index in [1.807, 2.05) is 30.3 Å². The molecule has 37 heavy (non-hydrogen) atoms. The number of likely N-dealkylation sites (tertiary alicyclic amines) is 1. The monoisotopic (exact) mass is 510 g/mol. The molecule has 0 radical (unpaired) electrons. The number of amides is 4. The first-order valence-electron chi connectivity index (χ1n) is 13.2. The third-order valence-electron chi connectivity index (χ3n) is 8.32. The van der Waals surface area contributed by atoms with Crippen LogP contribution in [0.15, 0.2) is 30.3 Å². The molecule has 2 saturated carbocycles. The summed E-state index contributed by atoms with van der Waals surface area (Å²) in [6.07, 6.45) is 2.56. The van der Waals surface area contributed by atoms with E-state index in [0.29, 0.717) is 19.4 Å². The second-order valence-electron chi connectivity index (χ2n) is 11.8. The first kappa shape index (κ1) is 26.8. The van der Waals surface area contributed by atoms with Gasteiger partial charge in [-0.25, -0.2) is 0 Å². The Morgan fingerprint density at radius 3 is 2.24 bits per heavy atom. The lowest BCUT2D eigenvalue weighted by Crippen LogP contribution is -2.58. The highest BCUT2D eigenvalue weighted by atomic mass is 16.2. The van der Waals surface area contributed by atoms with E-state index in [2.05, 4.69) is 24.5 Å². The van der Waals surface area contributed by atoms with E-state index >= 15 is 0 Å². The van der Waals surface area contributed by atoms with Crippen LogP contribution in [0, 0.1) is 29.1 Å². The summed E-state index contributed by atoms with van der Waals surface area (Å²) in [6.45, 7) is 8.07. The molecule has 4 unspecified atom stereocenters. The maximum Gasteiger partial charge on any atom is 0.287 e. The number of carbonyl (C=O) groups is 5. The van der Waals surface area contributed by atoms with Crippen molar-refractivity contribution in [3.8, 4) is 0 Å². The molecule has 0 bridgehead atoms. The van der Waals surface area contributed by atoms with Crippen LogP contribution in [0.4, 0.5) is 0 Å². The van der Waals surface area contributed by atoms with Gasteiger partial charge in [0.2, 0.25) is 23.5 Å². The van der Waals surface area contributed by atoms with Gasteiger partial charge in [0.05, 0.1) is 6.04 Å². The van der Waals surface area contributed by atoms with Crippen LogP contribution in [-0.4, -0.2) is 59.0 Å². The Morgan fingerprint density at radius 1 is 1.03 bits per heavy atom. The van der Waals surface area contributed by atoms with Crippen LogP contribution in [0.3, 0.4) is 0 Å². The highest BCUT2D eigenvalue weighted by Gasteiger charge is 2.69. The molecule has 5 atom stereocenters. The Hall–Kier alpha value is -3.23. The predicted molar refractivity (Wildman–Crippen MR) is 137 cm³/mol. The second-order valence-corrected chi connectivity index (χ2v) is 11.8. The first-order valence-corrected chi connectivity index (χ1v) is 13.2. The van der Waals surface area contributed by atoms with E-state index in [-0.39, 0.29) is 40.9 Å². The van der Waals surface area contributed by atoms with Crippen molar-refractivity contribution in [3.05, 3.63) is 35.9 Å². The number of benzene rings is 1. The number of piperidine rings is 1. The number of hydrogen-bond acceptors (Lipinski definition) is 5. The standard InChI is InChI=1S/C28H38N4O5/c1-15(2)25(35)31-20(13-16-8-6-5-7-9-16)27(37)32-14-18-21(28(18,3)4)22(32)26(36)30-19(12-17-10-11-17)23(33)24(29)34/h5-9,15,17-22H,10-14H2,1-4H3,(H2,29,34)(H,30,36)(H,31,35)/t18?,19?,20-,21?,22?/m0/s1. The number of ketones is 1. The number of carbonyl (C=O) groups excluding carboxylic acids is 5. The summed E-state index contributed by atoms with van der Waals surface area (Å²) in [6, 6.07) is 6.82. The molecule has 1 saturated heterocycles. The number of primary amides is 1. The summed E-state index contributed by atoms with van der Waals surface area (Å²) in [5.41, 5.74) is 6.02. The molecule has 9 heteroatoms. The fraction of sp³-hybridized carbons (Fsp3) is 0.607. The summed E-state index contributed by atoms with van der Waals surface area (Å²) in [4.78, 5) is 65.8. The highest BCUT2D eigenvalue weighted by molar-refractivity contribution is 6.37. The molecular weight excluding hydrogens is 472 g/mol. The van der Waals surface area contributed by atoms with E-state index in [0.717, 1.165) is 18.4 Å². The van der Waals surface area contributed by atoms with Gasteiger partial charge in [-0.2, -0.15) is 0 Å². The van der Waals surface area contributed by atoms with E-state index in [1.165, 1.54) is 0 Å². The van der Waals surface area contributed by atoms with Gasteiger partial charge in [0.1, 0.15) is 12.1 Å². The van der Waals surface area contributed by atoms with Gasteiger partial charge in [-0.05, 0) is 35.2 Å². The summed E-state index contributed by atoms with van der Waals surface area (Å²) in [7, 11) is 0. The fourth-order valence-corrected chi connectivity index (χ4v) is 5.75. The summed E-state index contributed by atoms with van der Waals surface area (Å²) >= 11 is 0. The maximum atomic E-state index is 13.9. The van der Waals surface area contributed by atoms with Gasteiger partial charge < -0.3 is 21.3 Å². The van der Waals surface area contributed by atoms with E-state index < -0.39 is 35.7 Å². The Kier molecular flexibility index (Phi) is 7.44. The summed E-state index contributed by atoms with van der Waals surface area (Å²) < 4.78 is 0. The Morgan fingerprint density at radius 2 is 1.68 bits per heavy atom. The summed E-state index contributed by atoms with van der Waals surface area (Å²) in [5.74, 6) is -2.85. The van der Waals surface area contributed by atoms with Crippen LogP contribution in [0.5, 0.6) is 0 Å². The van der Waals surface area contributed by atoms with E-state index in [4.69, 9.17) is 5.73 Å². The molecule has 1 aromatic rings. The lowest BCUT2D eigenvalue weighted by atomic mass is 9.97. The normalized spacial score (nSPS) is 25.1. The molecule has 0 spiro atoms. The van der Waals surface area contributed by atoms with Crippen molar-refractivity contribution in [2.45, 2.75) is 71.5 Å². The zero-order valence-corrected chi connectivity index (χ0v) is 22.0. The number of nitrogens with two attached hydrogens (primary N) is 1. The van der Waals surface area contributed by atoms with Crippen molar-refractivity contribution in [2.24, 2.45) is 34.8 Å². The van der Waals surface area contributed by atoms with Crippen molar-refractivity contribution in [2.75, 3.05) is 6.54 Å². The van der Waals surface area contributed by atoms with Gasteiger partial charge in [-0.1, -0.05) is 70.9 Å². The van der Waals surface area contributed by atoms with Gasteiger partial charge in [-0.15, -0.1) is 0 Å². The molecule has 0 aromatic heterocycles. The van der Waals surface area contributed by atoms with Crippen molar-refractivity contribution in [1.82, 2.24) is 15.5 Å². The lowest BCUT2D eigenvalue weighted by Gasteiger charge is -2.34. The SMILES string of the molecule is CC(C)C(=O)N[C@@H](Cc1ccccc1)C(=O)N1CC2C(C1C(=O)NC(CC1CC1)C(=O)C(N)=O)C2(C)C. The molecule has 200 valence electrons. The molecule has 3 aliphatic rings. The van der Waals surface area contributed by atoms with Gasteiger partial charge in [0.15, 0.2) is 0 Å². The van der Waals surface area contributed by atoms with Crippen LogP contribution < -0.4 is 16.4 Å². The molecular formula is C28H38N4O5. The fourth-order valence-electron chi connectivity index (χ4n) is 5.75. The van der Waals surface area contributed by atoms with Crippen LogP contribution in [0.2, 0.25) is 0 Å².